The van der Waals surface area contributed by atoms with Gasteiger partial charge in [-0.25, -0.2) is 0 Å². The summed E-state index contributed by atoms with van der Waals surface area (Å²) in [6, 6.07) is 17.0. The Kier molecular flexibility index (Phi) is 9.64. The smallest absolute Gasteiger partial charge is 0.282 e. The Morgan fingerprint density at radius 2 is 1.59 bits per heavy atom. The molecule has 13 heteroatoms. The van der Waals surface area contributed by atoms with E-state index in [1.165, 1.54) is 87.1 Å². The summed E-state index contributed by atoms with van der Waals surface area (Å²) in [6.45, 7) is 9.03. The second kappa shape index (κ2) is 15.4. The van der Waals surface area contributed by atoms with Crippen LogP contribution >= 0.6 is 11.6 Å². The molecule has 1 aromatic heterocycles. The minimum atomic E-state index is -0.617. The molecule has 13 rings (SSSR count). The van der Waals surface area contributed by atoms with Gasteiger partial charge >= 0.3 is 0 Å². The van der Waals surface area contributed by atoms with Crippen LogP contribution < -0.4 is 20.5 Å². The van der Waals surface area contributed by atoms with Crippen LogP contribution in [0.15, 0.2) is 53.3 Å². The highest BCUT2D eigenvalue weighted by atomic mass is 35.5. The number of imide groups is 1. The third kappa shape index (κ3) is 6.32. The second-order valence-electron chi connectivity index (χ2n) is 21.9. The Morgan fingerprint density at radius 1 is 0.818 bits per heavy atom. The zero-order valence-corrected chi connectivity index (χ0v) is 38.7. The lowest BCUT2D eigenvalue weighted by molar-refractivity contribution is -0.136. The molecule has 3 spiro atoms. The molecule has 9 aliphatic rings. The van der Waals surface area contributed by atoms with E-state index in [0.29, 0.717) is 47.0 Å². The molecule has 2 saturated carbocycles. The molecule has 3 amide bonds. The number of benzene rings is 3. The van der Waals surface area contributed by atoms with Crippen molar-refractivity contribution in [3.63, 3.8) is 0 Å². The summed E-state index contributed by atoms with van der Waals surface area (Å²) >= 11 is 6.64. The number of halogens is 1. The van der Waals surface area contributed by atoms with Crippen LogP contribution in [0, 0.1) is 11.3 Å². The Morgan fingerprint density at radius 3 is 2.36 bits per heavy atom. The number of nitrogens with one attached hydrogen (secondary N) is 1. The first-order valence-electron chi connectivity index (χ1n) is 25.1. The third-order valence-corrected chi connectivity index (χ3v) is 18.7. The lowest BCUT2D eigenvalue weighted by Crippen LogP contribution is -2.60. The highest BCUT2D eigenvalue weighted by Gasteiger charge is 2.51. The topological polar surface area (TPSA) is 120 Å². The average molecular weight is 911 g/mol. The predicted molar refractivity (Wildman–Crippen MR) is 253 cm³/mol. The van der Waals surface area contributed by atoms with Gasteiger partial charge in [0.05, 0.1) is 40.2 Å². The maximum Gasteiger partial charge on any atom is 0.282 e. The maximum atomic E-state index is 13.5. The first-order chi connectivity index (χ1) is 32.1. The van der Waals surface area contributed by atoms with Crippen molar-refractivity contribution in [2.24, 2.45) is 11.3 Å². The van der Waals surface area contributed by atoms with E-state index in [0.717, 1.165) is 93.3 Å². The number of rotatable bonds is 5. The molecule has 2 aliphatic carbocycles. The molecular weight excluding hydrogens is 850 g/mol. The largest absolute Gasteiger partial charge is 0.492 e. The van der Waals surface area contributed by atoms with E-state index >= 15 is 0 Å². The molecule has 66 heavy (non-hydrogen) atoms. The van der Waals surface area contributed by atoms with Gasteiger partial charge in [-0.3, -0.25) is 29.1 Å². The molecular formula is C53H60ClN7O5. The van der Waals surface area contributed by atoms with Crippen LogP contribution in [0.1, 0.15) is 129 Å². The number of carbonyl (C=O) groups is 3. The van der Waals surface area contributed by atoms with E-state index in [4.69, 9.17) is 21.3 Å². The molecule has 4 aromatic rings. The van der Waals surface area contributed by atoms with Crippen molar-refractivity contribution in [3.05, 3.63) is 92.0 Å². The number of nitrogens with zero attached hydrogens (tertiary/aromatic N) is 6. The highest BCUT2D eigenvalue weighted by molar-refractivity contribution is 6.35. The average Bonchev–Trinajstić information content (AvgIpc) is 3.94. The molecule has 0 unspecified atom stereocenters. The number of aromatic nitrogens is 2. The van der Waals surface area contributed by atoms with E-state index in [1.807, 2.05) is 18.2 Å². The number of amides is 3. The minimum Gasteiger partial charge on any atom is -0.492 e. The Hall–Kier alpha value is -4.78. The van der Waals surface area contributed by atoms with E-state index in [1.54, 1.807) is 11.0 Å². The highest BCUT2D eigenvalue weighted by Crippen LogP contribution is 2.54. The quantitative estimate of drug-likeness (QED) is 0.207. The van der Waals surface area contributed by atoms with Gasteiger partial charge in [0.15, 0.2) is 0 Å². The van der Waals surface area contributed by atoms with Gasteiger partial charge in [-0.2, -0.15) is 4.98 Å². The molecule has 12 nitrogen and oxygen atoms in total. The van der Waals surface area contributed by atoms with Crippen molar-refractivity contribution in [1.29, 1.82) is 0 Å². The Labute approximate surface area is 391 Å². The molecule has 4 saturated heterocycles. The molecule has 1 atom stereocenters. The number of hydrogen-bond acceptors (Lipinski definition) is 9. The van der Waals surface area contributed by atoms with Crippen LogP contribution in [0.25, 0.3) is 16.6 Å². The van der Waals surface area contributed by atoms with Crippen LogP contribution in [-0.2, 0) is 27.0 Å². The zero-order chi connectivity index (χ0) is 44.5. The van der Waals surface area contributed by atoms with Crippen molar-refractivity contribution < 1.29 is 19.1 Å². The number of ether oxygens (including phenoxy) is 1. The molecule has 8 heterocycles. The minimum absolute atomic E-state index is 0.0249. The zero-order valence-electron chi connectivity index (χ0n) is 37.9. The number of piperidine rings is 3. The number of fused-ring (bicyclic) bond motifs is 11. The monoisotopic (exact) mass is 909 g/mol. The Balaban J connectivity index is 0.603. The lowest BCUT2D eigenvalue weighted by Gasteiger charge is -2.56. The van der Waals surface area contributed by atoms with Crippen LogP contribution in [0.3, 0.4) is 0 Å². The molecule has 7 aliphatic heterocycles. The number of hydrogen-bond donors (Lipinski definition) is 1. The molecule has 6 fully saturated rings. The summed E-state index contributed by atoms with van der Waals surface area (Å²) in [5.74, 6) is 1.71. The van der Waals surface area contributed by atoms with Gasteiger partial charge in [0.2, 0.25) is 11.8 Å². The van der Waals surface area contributed by atoms with E-state index in [9.17, 15) is 19.2 Å². The van der Waals surface area contributed by atoms with Gasteiger partial charge in [0.1, 0.15) is 17.6 Å². The lowest BCUT2D eigenvalue weighted by atomic mass is 9.66. The maximum absolute atomic E-state index is 13.5. The summed E-state index contributed by atoms with van der Waals surface area (Å²) in [5, 5.41) is 3.41. The van der Waals surface area contributed by atoms with Gasteiger partial charge in [0.25, 0.3) is 11.5 Å². The van der Waals surface area contributed by atoms with Crippen molar-refractivity contribution in [2.75, 3.05) is 57.3 Å². The molecule has 1 N–H and O–H groups in total. The molecule has 0 radical (unpaired) electrons. The number of anilines is 1. The first kappa shape index (κ1) is 41.4. The van der Waals surface area contributed by atoms with E-state index in [-0.39, 0.29) is 40.5 Å². The summed E-state index contributed by atoms with van der Waals surface area (Å²) in [5.41, 5.74) is 7.47. The van der Waals surface area contributed by atoms with E-state index in [2.05, 4.69) is 48.8 Å². The van der Waals surface area contributed by atoms with Crippen LogP contribution in [0.2, 0.25) is 5.02 Å². The van der Waals surface area contributed by atoms with Crippen molar-refractivity contribution >= 4 is 45.9 Å². The van der Waals surface area contributed by atoms with Crippen LogP contribution in [0.5, 0.6) is 5.75 Å². The van der Waals surface area contributed by atoms with Gasteiger partial charge < -0.3 is 24.3 Å². The van der Waals surface area contributed by atoms with Gasteiger partial charge in [-0.15, -0.1) is 0 Å². The summed E-state index contributed by atoms with van der Waals surface area (Å²) in [6.07, 6.45) is 16.0. The van der Waals surface area contributed by atoms with Crippen molar-refractivity contribution in [3.8, 4) is 11.4 Å². The standard InChI is InChI=1S/C53H60ClN7O5/c54-40-5-4-6-41-45(40)48(64)56-50-53(17-2-1-3-18-53)38-9-7-35(27-43(38)61(41)50)58-23-15-33(16-24-58)28-57-30-51(31-57)19-13-34(14-20-51)59-25-21-52(22-26-59)32-66-46-37-29-60(42-11-12-44(62)55-47(42)63)49(65)36(37)8-10-39(46)52/h4-10,27,33-34,42H,1-3,11-26,28-32H2,(H,55,62,63)/t42-/m0/s1. The number of likely N-dealkylation sites (tertiary alicyclic amines) is 2. The number of carbonyl (C=O) groups excluding carboxylic acids is 3. The fraction of sp³-hybridized carbons (Fsp3) is 0.566. The normalized spacial score (nSPS) is 25.8. The SMILES string of the molecule is O=C1CC[C@H](N2Cc3c(ccc4c3OCC43CCN(C4CCC5(CC4)CN(CC4CCN(c6ccc7c(c6)-n6c(nc(=O)c8c(Cl)cccc86)C76CCCCC6)CC4)C5)CC3)C2=O)C(=O)N1. The van der Waals surface area contributed by atoms with E-state index < -0.39 is 6.04 Å². The molecule has 344 valence electrons. The predicted octanol–water partition coefficient (Wildman–Crippen LogP) is 7.25. The van der Waals surface area contributed by atoms with Crippen molar-refractivity contribution in [1.82, 2.24) is 29.6 Å². The van der Waals surface area contributed by atoms with Gasteiger partial charge in [-0.05, 0) is 131 Å². The molecule has 0 bridgehead atoms. The fourth-order valence-electron chi connectivity index (χ4n) is 14.7. The van der Waals surface area contributed by atoms with Crippen LogP contribution in [0.4, 0.5) is 5.69 Å². The summed E-state index contributed by atoms with van der Waals surface area (Å²) in [7, 11) is 0. The summed E-state index contributed by atoms with van der Waals surface area (Å²) < 4.78 is 8.75. The third-order valence-electron chi connectivity index (χ3n) is 18.4. The van der Waals surface area contributed by atoms with Gasteiger partial charge in [0, 0.05) is 73.0 Å². The first-order valence-corrected chi connectivity index (χ1v) is 25.5. The van der Waals surface area contributed by atoms with Crippen LogP contribution in [-0.4, -0.2) is 106 Å². The molecule has 3 aromatic carbocycles. The summed E-state index contributed by atoms with van der Waals surface area (Å²) in [4.78, 5) is 65.9. The second-order valence-corrected chi connectivity index (χ2v) is 22.3. The fourth-order valence-corrected chi connectivity index (χ4v) is 15.0. The van der Waals surface area contributed by atoms with Gasteiger partial charge in [-0.1, -0.05) is 49.1 Å². The Bertz CT molecular complexity index is 2750. The van der Waals surface area contributed by atoms with Crippen molar-refractivity contribution in [2.45, 2.75) is 126 Å².